The molecule has 0 aliphatic carbocycles. The Labute approximate surface area is 194 Å². The Morgan fingerprint density at radius 2 is 1.70 bits per heavy atom. The molecule has 10 heteroatoms. The van der Waals surface area contributed by atoms with Gasteiger partial charge in [0, 0.05) is 56.6 Å². The number of nitrogens with one attached hydrogen (secondary N) is 1. The number of anilines is 1. The second-order valence-corrected chi connectivity index (χ2v) is 10.1. The number of sulfonamides is 1. The predicted octanol–water partition coefficient (Wildman–Crippen LogP) is 1.50. The lowest BCUT2D eigenvalue weighted by Gasteiger charge is -2.33. The molecular formula is C23H29N5O4S. The van der Waals surface area contributed by atoms with Gasteiger partial charge in [0.25, 0.3) is 5.91 Å². The molecule has 1 aromatic heterocycles. The standard InChI is InChI=1S/C23H29N5O4S/c1-26-13-15-27(16-14-26)22-8-5-20(17-24-22)18-3-6-21(7-4-18)33(30,31)28-11-9-19(10-12-28)23(29)25-32-2/h3-9,17H,10-16H2,1-2H3,(H,25,29). The highest BCUT2D eigenvalue weighted by molar-refractivity contribution is 7.89. The van der Waals surface area contributed by atoms with Crippen LogP contribution in [0.5, 0.6) is 0 Å². The van der Waals surface area contributed by atoms with Crippen molar-refractivity contribution < 1.29 is 18.0 Å². The fourth-order valence-electron chi connectivity index (χ4n) is 3.98. The first-order valence-electron chi connectivity index (χ1n) is 10.9. The third-order valence-electron chi connectivity index (χ3n) is 6.06. The lowest BCUT2D eigenvalue weighted by Crippen LogP contribution is -2.44. The van der Waals surface area contributed by atoms with Crippen LogP contribution >= 0.6 is 0 Å². The Morgan fingerprint density at radius 1 is 1.00 bits per heavy atom. The van der Waals surface area contributed by atoms with Gasteiger partial charge in [-0.15, -0.1) is 0 Å². The van der Waals surface area contributed by atoms with Crippen LogP contribution in [0.25, 0.3) is 11.1 Å². The van der Waals surface area contributed by atoms with Crippen molar-refractivity contribution in [1.29, 1.82) is 0 Å². The van der Waals surface area contributed by atoms with Gasteiger partial charge >= 0.3 is 0 Å². The third kappa shape index (κ3) is 5.25. The van der Waals surface area contributed by atoms with Gasteiger partial charge in [0.05, 0.1) is 12.0 Å². The third-order valence-corrected chi connectivity index (χ3v) is 7.94. The van der Waals surface area contributed by atoms with Gasteiger partial charge in [0.1, 0.15) is 5.82 Å². The van der Waals surface area contributed by atoms with Gasteiger partial charge in [-0.3, -0.25) is 9.63 Å². The number of piperazine rings is 1. The van der Waals surface area contributed by atoms with Crippen molar-refractivity contribution in [2.45, 2.75) is 11.3 Å². The normalized spacial score (nSPS) is 18.1. The summed E-state index contributed by atoms with van der Waals surface area (Å²) in [4.78, 5) is 25.9. The van der Waals surface area contributed by atoms with Crippen LogP contribution in [0.1, 0.15) is 6.42 Å². The van der Waals surface area contributed by atoms with E-state index in [0.717, 1.165) is 43.1 Å². The summed E-state index contributed by atoms with van der Waals surface area (Å²) in [5, 5.41) is 0. The Balaban J connectivity index is 1.43. The molecule has 1 N–H and O–H groups in total. The molecule has 1 saturated heterocycles. The number of rotatable bonds is 6. The topological polar surface area (TPSA) is 95.1 Å². The van der Waals surface area contributed by atoms with Crippen molar-refractivity contribution in [3.05, 3.63) is 54.2 Å². The zero-order valence-corrected chi connectivity index (χ0v) is 19.7. The first-order chi connectivity index (χ1) is 15.9. The smallest absolute Gasteiger partial charge is 0.270 e. The molecule has 0 atom stereocenters. The summed E-state index contributed by atoms with van der Waals surface area (Å²) in [5.41, 5.74) is 4.62. The molecule has 2 aromatic rings. The van der Waals surface area contributed by atoms with E-state index >= 15 is 0 Å². The van der Waals surface area contributed by atoms with E-state index in [0.29, 0.717) is 12.0 Å². The highest BCUT2D eigenvalue weighted by atomic mass is 32.2. The molecule has 3 heterocycles. The molecule has 4 rings (SSSR count). The molecule has 9 nitrogen and oxygen atoms in total. The average molecular weight is 472 g/mol. The van der Waals surface area contributed by atoms with Crippen molar-refractivity contribution in [2.24, 2.45) is 0 Å². The molecule has 1 fully saturated rings. The van der Waals surface area contributed by atoms with E-state index in [1.807, 2.05) is 18.3 Å². The van der Waals surface area contributed by atoms with Gasteiger partial charge in [-0.2, -0.15) is 4.31 Å². The lowest BCUT2D eigenvalue weighted by atomic mass is 10.1. The molecule has 0 saturated carbocycles. The van der Waals surface area contributed by atoms with Crippen LogP contribution in [0, 0.1) is 0 Å². The van der Waals surface area contributed by atoms with Crippen LogP contribution in [0.4, 0.5) is 5.82 Å². The van der Waals surface area contributed by atoms with Crippen LogP contribution in [0.3, 0.4) is 0 Å². The van der Waals surface area contributed by atoms with Crippen LogP contribution in [0.15, 0.2) is 59.1 Å². The molecule has 0 unspecified atom stereocenters. The van der Waals surface area contributed by atoms with Gasteiger partial charge in [0.15, 0.2) is 0 Å². The summed E-state index contributed by atoms with van der Waals surface area (Å²) in [7, 11) is -0.164. The number of likely N-dealkylation sites (N-methyl/N-ethyl adjacent to an activating group) is 1. The summed E-state index contributed by atoms with van der Waals surface area (Å²) in [5.74, 6) is 0.619. The predicted molar refractivity (Wildman–Crippen MR) is 126 cm³/mol. The number of pyridine rings is 1. The van der Waals surface area contributed by atoms with E-state index in [2.05, 4.69) is 32.1 Å². The molecule has 1 amide bonds. The van der Waals surface area contributed by atoms with Crippen molar-refractivity contribution in [3.8, 4) is 11.1 Å². The van der Waals surface area contributed by atoms with Gasteiger partial charge in [-0.1, -0.05) is 18.2 Å². The van der Waals surface area contributed by atoms with Crippen molar-refractivity contribution in [1.82, 2.24) is 19.7 Å². The van der Waals surface area contributed by atoms with Crippen molar-refractivity contribution in [2.75, 3.05) is 58.3 Å². The van der Waals surface area contributed by atoms with Crippen LogP contribution < -0.4 is 10.4 Å². The van der Waals surface area contributed by atoms with Gasteiger partial charge in [-0.05, 0) is 43.3 Å². The second-order valence-electron chi connectivity index (χ2n) is 8.20. The van der Waals surface area contributed by atoms with E-state index in [-0.39, 0.29) is 23.9 Å². The minimum absolute atomic E-state index is 0.147. The number of nitrogens with zero attached hydrogens (tertiary/aromatic N) is 4. The highest BCUT2D eigenvalue weighted by Crippen LogP contribution is 2.25. The fraction of sp³-hybridized carbons (Fsp3) is 0.391. The van der Waals surface area contributed by atoms with Crippen molar-refractivity contribution in [3.63, 3.8) is 0 Å². The Bertz CT molecular complexity index is 1110. The monoisotopic (exact) mass is 471 g/mol. The maximum Gasteiger partial charge on any atom is 0.270 e. The van der Waals surface area contributed by atoms with Crippen LogP contribution in [-0.2, 0) is 19.7 Å². The molecule has 2 aliphatic rings. The van der Waals surface area contributed by atoms with E-state index in [4.69, 9.17) is 0 Å². The maximum atomic E-state index is 13.0. The fourth-order valence-corrected chi connectivity index (χ4v) is 5.36. The number of hydrogen-bond acceptors (Lipinski definition) is 7. The number of hydrogen-bond donors (Lipinski definition) is 1. The number of carbonyl (C=O) groups excluding carboxylic acids is 1. The number of amides is 1. The quantitative estimate of drug-likeness (QED) is 0.638. The molecule has 0 radical (unpaired) electrons. The van der Waals surface area contributed by atoms with E-state index in [9.17, 15) is 13.2 Å². The summed E-state index contributed by atoms with van der Waals surface area (Å²) in [6.45, 7) is 4.35. The summed E-state index contributed by atoms with van der Waals surface area (Å²) >= 11 is 0. The molecule has 1 aromatic carbocycles. The summed E-state index contributed by atoms with van der Waals surface area (Å²) in [6, 6.07) is 10.9. The zero-order chi connectivity index (χ0) is 23.4. The minimum Gasteiger partial charge on any atom is -0.354 e. The van der Waals surface area contributed by atoms with E-state index < -0.39 is 10.0 Å². The molecule has 0 bridgehead atoms. The van der Waals surface area contributed by atoms with Gasteiger partial charge in [0.2, 0.25) is 10.0 Å². The number of carbonyl (C=O) groups is 1. The Morgan fingerprint density at radius 3 is 2.27 bits per heavy atom. The Kier molecular flexibility index (Phi) is 7.08. The van der Waals surface area contributed by atoms with Crippen LogP contribution in [0.2, 0.25) is 0 Å². The molecular weight excluding hydrogens is 442 g/mol. The van der Waals surface area contributed by atoms with E-state index in [1.165, 1.54) is 11.4 Å². The second kappa shape index (κ2) is 10.0. The number of aromatic nitrogens is 1. The molecule has 33 heavy (non-hydrogen) atoms. The average Bonchev–Trinajstić information content (AvgIpc) is 2.85. The molecule has 176 valence electrons. The lowest BCUT2D eigenvalue weighted by molar-refractivity contribution is -0.127. The first-order valence-corrected chi connectivity index (χ1v) is 12.3. The summed E-state index contributed by atoms with van der Waals surface area (Å²) in [6.07, 6.45) is 3.79. The van der Waals surface area contributed by atoms with Crippen molar-refractivity contribution >= 4 is 21.7 Å². The van der Waals surface area contributed by atoms with Crippen LogP contribution in [-0.4, -0.2) is 81.9 Å². The number of hydroxylamine groups is 1. The highest BCUT2D eigenvalue weighted by Gasteiger charge is 2.27. The molecule has 0 spiro atoms. The van der Waals surface area contributed by atoms with Gasteiger partial charge in [-0.25, -0.2) is 18.9 Å². The molecule has 2 aliphatic heterocycles. The van der Waals surface area contributed by atoms with Gasteiger partial charge < -0.3 is 9.80 Å². The zero-order valence-electron chi connectivity index (χ0n) is 18.9. The largest absolute Gasteiger partial charge is 0.354 e. The summed E-state index contributed by atoms with van der Waals surface area (Å²) < 4.78 is 27.4. The minimum atomic E-state index is -3.65. The number of benzene rings is 1. The Hall–Kier alpha value is -2.79. The maximum absolute atomic E-state index is 13.0. The van der Waals surface area contributed by atoms with E-state index in [1.54, 1.807) is 30.3 Å². The first kappa shape index (κ1) is 23.4. The SMILES string of the molecule is CONC(=O)C1=CCN(S(=O)(=O)c2ccc(-c3ccc(N4CCN(C)CC4)nc3)cc2)CC1.